The van der Waals surface area contributed by atoms with Crippen molar-refractivity contribution in [3.63, 3.8) is 0 Å². The van der Waals surface area contributed by atoms with Gasteiger partial charge in [-0.15, -0.1) is 0 Å². The molecule has 1 aromatic rings. The van der Waals surface area contributed by atoms with E-state index >= 15 is 0 Å². The molecule has 14 heteroatoms. The van der Waals surface area contributed by atoms with Crippen molar-refractivity contribution in [2.45, 2.75) is 180 Å². The van der Waals surface area contributed by atoms with Crippen LogP contribution in [-0.2, 0) is 43.6 Å². The van der Waals surface area contributed by atoms with Crippen LogP contribution < -0.4 is 21.7 Å². The van der Waals surface area contributed by atoms with Crippen molar-refractivity contribution in [2.75, 3.05) is 41.0 Å². The third-order valence-electron chi connectivity index (χ3n) is 13.1. The molecule has 2 aliphatic rings. The quantitative estimate of drug-likeness (QED) is 0.104. The molecule has 5 amide bonds. The Kier molecular flexibility index (Phi) is 19.0. The standard InChI is InChI=1S/C48H82N6O8/c1-15-32(4)40(53(12)43(58)39(31(2)3)51-44(59)47(10,11)52-37(55)23-24-46(8,9)62-30-45(6,7)49)36(60-13)28-38(56)54-27-19-22-35(54)41(61-14)33(5)42(57)50-29-48(25-26-48)34-20-17-16-18-21-34/h16-18,20-21,31-33,35-36,39-41H,15,19,22-30,49H2,1-14H3,(H,50,57)(H,51,59)(H,52,55)/t32-,33+,35-,36+,39-,40-,41+/m0/s1. The first-order chi connectivity index (χ1) is 28.8. The molecule has 5 N–H and O–H groups in total. The molecule has 1 aliphatic heterocycles. The molecule has 1 heterocycles. The lowest BCUT2D eigenvalue weighted by atomic mass is 9.89. The van der Waals surface area contributed by atoms with Crippen molar-refractivity contribution in [2.24, 2.45) is 23.5 Å². The van der Waals surface area contributed by atoms with Crippen molar-refractivity contribution < 1.29 is 38.2 Å². The van der Waals surface area contributed by atoms with E-state index in [-0.39, 0.29) is 59.8 Å². The van der Waals surface area contributed by atoms with Crippen LogP contribution >= 0.6 is 0 Å². The van der Waals surface area contributed by atoms with Gasteiger partial charge in [-0.05, 0) is 91.0 Å². The molecule has 3 rings (SSSR count). The number of benzene rings is 1. The fourth-order valence-electron chi connectivity index (χ4n) is 8.62. The van der Waals surface area contributed by atoms with Crippen molar-refractivity contribution in [1.29, 1.82) is 0 Å². The third kappa shape index (κ3) is 14.5. The number of carbonyl (C=O) groups is 5. The van der Waals surface area contributed by atoms with E-state index in [0.717, 1.165) is 19.3 Å². The van der Waals surface area contributed by atoms with Crippen LogP contribution in [0.3, 0.4) is 0 Å². The number of carbonyl (C=O) groups excluding carboxylic acids is 5. The number of hydrogen-bond acceptors (Lipinski definition) is 9. The largest absolute Gasteiger partial charge is 0.379 e. The van der Waals surface area contributed by atoms with E-state index in [1.165, 1.54) is 5.56 Å². The highest BCUT2D eigenvalue weighted by molar-refractivity contribution is 5.94. The van der Waals surface area contributed by atoms with Crippen molar-refractivity contribution in [3.8, 4) is 0 Å². The van der Waals surface area contributed by atoms with Gasteiger partial charge in [0, 0.05) is 51.7 Å². The summed E-state index contributed by atoms with van der Waals surface area (Å²) in [5.41, 5.74) is 4.84. The number of rotatable bonds is 25. The van der Waals surface area contributed by atoms with Gasteiger partial charge in [0.25, 0.3) is 0 Å². The summed E-state index contributed by atoms with van der Waals surface area (Å²) in [6.07, 6.45) is 3.63. The smallest absolute Gasteiger partial charge is 0.245 e. The van der Waals surface area contributed by atoms with Gasteiger partial charge in [-0.1, -0.05) is 71.4 Å². The zero-order valence-corrected chi connectivity index (χ0v) is 40.5. The number of methoxy groups -OCH3 is 2. The molecule has 62 heavy (non-hydrogen) atoms. The highest BCUT2D eigenvalue weighted by Gasteiger charge is 2.46. The van der Waals surface area contributed by atoms with E-state index in [2.05, 4.69) is 28.1 Å². The van der Waals surface area contributed by atoms with E-state index in [1.807, 2.05) is 85.4 Å². The molecule has 0 radical (unpaired) electrons. The van der Waals surface area contributed by atoms with Gasteiger partial charge in [0.15, 0.2) is 0 Å². The molecule has 0 unspecified atom stereocenters. The van der Waals surface area contributed by atoms with Crippen molar-refractivity contribution >= 4 is 29.5 Å². The number of ether oxygens (including phenoxy) is 3. The Morgan fingerprint density at radius 1 is 0.968 bits per heavy atom. The summed E-state index contributed by atoms with van der Waals surface area (Å²) in [5.74, 6) is -2.23. The highest BCUT2D eigenvalue weighted by Crippen LogP contribution is 2.47. The number of hydrogen-bond donors (Lipinski definition) is 4. The predicted molar refractivity (Wildman–Crippen MR) is 243 cm³/mol. The lowest BCUT2D eigenvalue weighted by Crippen LogP contribution is -2.62. The van der Waals surface area contributed by atoms with Crippen molar-refractivity contribution in [1.82, 2.24) is 25.8 Å². The molecule has 1 aliphatic carbocycles. The van der Waals surface area contributed by atoms with E-state index in [9.17, 15) is 24.0 Å². The first-order valence-electron chi connectivity index (χ1n) is 22.8. The van der Waals surface area contributed by atoms with Gasteiger partial charge >= 0.3 is 0 Å². The Morgan fingerprint density at radius 2 is 1.60 bits per heavy atom. The molecule has 14 nitrogen and oxygen atoms in total. The summed E-state index contributed by atoms with van der Waals surface area (Å²) in [6.45, 7) is 21.8. The Bertz CT molecular complexity index is 1640. The molecule has 352 valence electrons. The molecule has 1 saturated carbocycles. The fourth-order valence-corrected chi connectivity index (χ4v) is 8.62. The number of likely N-dealkylation sites (tertiary alicyclic amines) is 1. The maximum atomic E-state index is 14.5. The molecule has 7 atom stereocenters. The monoisotopic (exact) mass is 871 g/mol. The fraction of sp³-hybridized carbons (Fsp3) is 0.771. The number of nitrogens with one attached hydrogen (secondary N) is 3. The van der Waals surface area contributed by atoms with Crippen LogP contribution in [0.5, 0.6) is 0 Å². The van der Waals surface area contributed by atoms with Gasteiger partial charge in [-0.3, -0.25) is 24.0 Å². The highest BCUT2D eigenvalue weighted by atomic mass is 16.5. The second-order valence-electron chi connectivity index (χ2n) is 20.4. The summed E-state index contributed by atoms with van der Waals surface area (Å²) in [5, 5.41) is 8.97. The van der Waals surface area contributed by atoms with Crippen LogP contribution in [0, 0.1) is 17.8 Å². The van der Waals surface area contributed by atoms with Gasteiger partial charge in [0.1, 0.15) is 11.6 Å². The Hall–Kier alpha value is -3.59. The maximum absolute atomic E-state index is 14.5. The summed E-state index contributed by atoms with van der Waals surface area (Å²) >= 11 is 0. The van der Waals surface area contributed by atoms with Crippen LogP contribution in [-0.4, -0.2) is 127 Å². The molecule has 2 fully saturated rings. The summed E-state index contributed by atoms with van der Waals surface area (Å²) in [4.78, 5) is 72.7. The third-order valence-corrected chi connectivity index (χ3v) is 13.1. The SMILES string of the molecule is CC[C@H](C)[C@@H]([C@@H](CC(=O)N1CCC[C@H]1[C@H](OC)[C@@H](C)C(=O)NCC1(c2ccccc2)CC1)OC)N(C)C(=O)[C@@H](NC(=O)C(C)(C)NC(=O)CCC(C)(C)OCC(C)(C)N)C(C)C. The van der Waals surface area contributed by atoms with Crippen LogP contribution in [0.15, 0.2) is 30.3 Å². The predicted octanol–water partition coefficient (Wildman–Crippen LogP) is 5.10. The minimum absolute atomic E-state index is 0.0137. The van der Waals surface area contributed by atoms with Gasteiger partial charge < -0.3 is 45.7 Å². The van der Waals surface area contributed by atoms with Gasteiger partial charge in [-0.25, -0.2) is 0 Å². The zero-order chi connectivity index (χ0) is 46.8. The first-order valence-corrected chi connectivity index (χ1v) is 22.8. The Balaban J connectivity index is 1.69. The first kappa shape index (κ1) is 52.8. The Labute approximate surface area is 372 Å². The van der Waals surface area contributed by atoms with Crippen LogP contribution in [0.1, 0.15) is 133 Å². The molecule has 1 saturated heterocycles. The topological polar surface area (TPSA) is 182 Å². The normalized spacial score (nSPS) is 19.5. The summed E-state index contributed by atoms with van der Waals surface area (Å²) in [7, 11) is 4.85. The number of nitrogens with two attached hydrogens (primary N) is 1. The number of amides is 5. The summed E-state index contributed by atoms with van der Waals surface area (Å²) < 4.78 is 18.0. The molecule has 1 aromatic carbocycles. The lowest BCUT2D eigenvalue weighted by molar-refractivity contribution is -0.148. The summed E-state index contributed by atoms with van der Waals surface area (Å²) in [6, 6.07) is 8.56. The van der Waals surface area contributed by atoms with Gasteiger partial charge in [-0.2, -0.15) is 0 Å². The molecule has 0 spiro atoms. The van der Waals surface area contributed by atoms with E-state index in [4.69, 9.17) is 19.9 Å². The minimum atomic E-state index is -1.32. The van der Waals surface area contributed by atoms with Crippen LogP contribution in [0.25, 0.3) is 0 Å². The van der Waals surface area contributed by atoms with Crippen molar-refractivity contribution in [3.05, 3.63) is 35.9 Å². The maximum Gasteiger partial charge on any atom is 0.245 e. The van der Waals surface area contributed by atoms with E-state index in [1.54, 1.807) is 40.0 Å². The lowest BCUT2D eigenvalue weighted by Gasteiger charge is -2.41. The van der Waals surface area contributed by atoms with E-state index < -0.39 is 52.8 Å². The van der Waals surface area contributed by atoms with Crippen LogP contribution in [0.4, 0.5) is 0 Å². The molecular weight excluding hydrogens is 789 g/mol. The number of likely N-dealkylation sites (N-methyl/N-ethyl adjacent to an activating group) is 1. The molecular formula is C48H82N6O8. The number of nitrogens with zero attached hydrogens (tertiary/aromatic N) is 2. The second-order valence-corrected chi connectivity index (χ2v) is 20.4. The van der Waals surface area contributed by atoms with Crippen LogP contribution in [0.2, 0.25) is 0 Å². The molecule has 0 aromatic heterocycles. The average molecular weight is 871 g/mol. The van der Waals surface area contributed by atoms with E-state index in [0.29, 0.717) is 39.0 Å². The second kappa shape index (κ2) is 22.3. The molecule has 0 bridgehead atoms. The Morgan fingerprint density at radius 3 is 2.13 bits per heavy atom. The van der Waals surface area contributed by atoms with Gasteiger partial charge in [0.2, 0.25) is 29.5 Å². The minimum Gasteiger partial charge on any atom is -0.379 e. The zero-order valence-electron chi connectivity index (χ0n) is 40.5. The average Bonchev–Trinajstić information content (AvgIpc) is 3.86. The van der Waals surface area contributed by atoms with Gasteiger partial charge in [0.05, 0.1) is 48.8 Å².